The molecular weight excluding hydrogens is 384 g/mol. The van der Waals surface area contributed by atoms with Crippen LogP contribution in [0.25, 0.3) is 10.4 Å². The highest BCUT2D eigenvalue weighted by molar-refractivity contribution is 5.99. The smallest absolute Gasteiger partial charge is 0.362 e. The van der Waals surface area contributed by atoms with E-state index in [4.69, 9.17) is 20.5 Å². The van der Waals surface area contributed by atoms with E-state index in [1.54, 1.807) is 18.2 Å². The molecule has 30 heavy (non-hydrogen) atoms. The second-order valence-electron chi connectivity index (χ2n) is 6.99. The Balaban J connectivity index is 1.71. The highest BCUT2D eigenvalue weighted by atomic mass is 16.7. The molecule has 2 aromatic carbocycles. The molecule has 0 bridgehead atoms. The molecule has 0 aromatic heterocycles. The summed E-state index contributed by atoms with van der Waals surface area (Å²) in [6.45, 7) is 3.68. The van der Waals surface area contributed by atoms with Crippen molar-refractivity contribution >= 4 is 11.8 Å². The van der Waals surface area contributed by atoms with Gasteiger partial charge in [-0.1, -0.05) is 23.3 Å². The maximum Gasteiger partial charge on any atom is 0.362 e. The molecule has 0 spiro atoms. The molecule has 0 aliphatic heterocycles. The van der Waals surface area contributed by atoms with Crippen LogP contribution in [-0.2, 0) is 11.3 Å². The summed E-state index contributed by atoms with van der Waals surface area (Å²) < 4.78 is 5.54. The van der Waals surface area contributed by atoms with Gasteiger partial charge in [0.15, 0.2) is 5.84 Å². The van der Waals surface area contributed by atoms with E-state index in [-0.39, 0.29) is 29.1 Å². The van der Waals surface area contributed by atoms with Crippen LogP contribution in [-0.4, -0.2) is 17.9 Å². The number of hydroxylamine groups is 1. The summed E-state index contributed by atoms with van der Waals surface area (Å²) in [6.07, 6.45) is 1.23. The Morgan fingerprint density at radius 1 is 1.40 bits per heavy atom. The van der Waals surface area contributed by atoms with Crippen LogP contribution >= 0.6 is 0 Å². The second kappa shape index (κ2) is 8.99. The molecular formula is C21H20N6O3. The Hall–Kier alpha value is -4.02. The summed E-state index contributed by atoms with van der Waals surface area (Å²) in [4.78, 5) is 20.3. The fourth-order valence-corrected chi connectivity index (χ4v) is 3.36. The van der Waals surface area contributed by atoms with Crippen molar-refractivity contribution in [3.05, 3.63) is 74.7 Å². The number of ether oxygens (including phenoxy) is 1. The molecule has 0 saturated carbocycles. The molecule has 9 nitrogen and oxygen atoms in total. The molecule has 1 unspecified atom stereocenters. The molecule has 0 heterocycles. The molecule has 9 heteroatoms. The van der Waals surface area contributed by atoms with Crippen molar-refractivity contribution < 1.29 is 14.4 Å². The van der Waals surface area contributed by atoms with Crippen LogP contribution in [0.3, 0.4) is 0 Å². The van der Waals surface area contributed by atoms with Gasteiger partial charge in [0, 0.05) is 10.5 Å². The Morgan fingerprint density at radius 2 is 2.20 bits per heavy atom. The van der Waals surface area contributed by atoms with Crippen LogP contribution in [0.2, 0.25) is 0 Å². The Morgan fingerprint density at radius 3 is 2.90 bits per heavy atom. The van der Waals surface area contributed by atoms with E-state index in [0.29, 0.717) is 24.2 Å². The van der Waals surface area contributed by atoms with Crippen LogP contribution in [0.15, 0.2) is 41.5 Å². The molecule has 0 amide bonds. The number of hydrogen-bond donors (Lipinski definition) is 2. The zero-order valence-electron chi connectivity index (χ0n) is 16.5. The first-order valence-electron chi connectivity index (χ1n) is 9.37. The largest absolute Gasteiger partial charge is 0.490 e. The number of azide groups is 1. The van der Waals surface area contributed by atoms with Gasteiger partial charge in [-0.05, 0) is 61.5 Å². The van der Waals surface area contributed by atoms with E-state index < -0.39 is 5.97 Å². The summed E-state index contributed by atoms with van der Waals surface area (Å²) in [5, 5.41) is 21.3. The van der Waals surface area contributed by atoms with E-state index in [9.17, 15) is 10.1 Å². The number of carbonyl (C=O) groups excluding carboxylic acids is 1. The van der Waals surface area contributed by atoms with Crippen LogP contribution < -0.4 is 10.2 Å². The zero-order valence-corrected chi connectivity index (χ0v) is 16.5. The van der Waals surface area contributed by atoms with Gasteiger partial charge in [0.05, 0.1) is 23.3 Å². The van der Waals surface area contributed by atoms with Gasteiger partial charge in [0.25, 0.3) is 0 Å². The van der Waals surface area contributed by atoms with Crippen LogP contribution in [0, 0.1) is 16.7 Å². The number of benzene rings is 2. The summed E-state index contributed by atoms with van der Waals surface area (Å²) in [6, 6.07) is 11.6. The van der Waals surface area contributed by atoms with Gasteiger partial charge >= 0.3 is 5.97 Å². The van der Waals surface area contributed by atoms with Gasteiger partial charge in [-0.15, -0.1) is 0 Å². The number of hydrogen-bond acceptors (Lipinski definition) is 6. The average Bonchev–Trinajstić information content (AvgIpc) is 3.15. The third-order valence-corrected chi connectivity index (χ3v) is 4.64. The van der Waals surface area contributed by atoms with Crippen LogP contribution in [0.4, 0.5) is 0 Å². The Bertz CT molecular complexity index is 1080. The molecule has 1 atom stereocenters. The van der Waals surface area contributed by atoms with Crippen molar-refractivity contribution in [2.45, 2.75) is 38.8 Å². The number of nitriles is 1. The standard InChI is InChI=1S/C21H20N6O3/c1-12(2)29-19-9-6-13(10-14(19)11-22)21(28)30-26-20(23)17-5-3-4-16-15(17)7-8-18(16)25-27-24/h3-6,9-10,12,18H,7-8H2,1-2H3,(H2,23,26). The maximum absolute atomic E-state index is 12.4. The van der Waals surface area contributed by atoms with E-state index in [2.05, 4.69) is 15.5 Å². The predicted octanol–water partition coefficient (Wildman–Crippen LogP) is 4.33. The first kappa shape index (κ1) is 20.7. The predicted molar refractivity (Wildman–Crippen MR) is 109 cm³/mol. The number of nitrogens with one attached hydrogen (secondary N) is 2. The number of nitrogens with zero attached hydrogens (tertiary/aromatic N) is 4. The van der Waals surface area contributed by atoms with Crippen molar-refractivity contribution in [1.29, 1.82) is 10.7 Å². The number of carbonyl (C=O) groups is 1. The van der Waals surface area contributed by atoms with E-state index in [0.717, 1.165) is 11.1 Å². The number of amidine groups is 1. The van der Waals surface area contributed by atoms with Gasteiger partial charge in [-0.2, -0.15) is 10.7 Å². The fraction of sp³-hybridized carbons (Fsp3) is 0.286. The van der Waals surface area contributed by atoms with Crippen molar-refractivity contribution in [3.8, 4) is 11.8 Å². The highest BCUT2D eigenvalue weighted by Crippen LogP contribution is 2.36. The van der Waals surface area contributed by atoms with Gasteiger partial charge < -0.3 is 9.57 Å². The lowest BCUT2D eigenvalue weighted by molar-refractivity contribution is 0.0386. The van der Waals surface area contributed by atoms with Gasteiger partial charge in [0.1, 0.15) is 11.8 Å². The third kappa shape index (κ3) is 4.35. The molecule has 1 aliphatic carbocycles. The molecule has 0 radical (unpaired) electrons. The fourth-order valence-electron chi connectivity index (χ4n) is 3.36. The SMILES string of the molecule is CC(C)Oc1ccc(C(=O)ONC(=N)c2cccc3c2CCC3N=[N+]=[N-])cc1C#N. The Labute approximate surface area is 173 Å². The van der Waals surface area contributed by atoms with Crippen molar-refractivity contribution in [1.82, 2.24) is 5.48 Å². The minimum absolute atomic E-state index is 0.0814. The van der Waals surface area contributed by atoms with Crippen LogP contribution in [0.5, 0.6) is 5.75 Å². The van der Waals surface area contributed by atoms with Gasteiger partial charge in [0.2, 0.25) is 0 Å². The summed E-state index contributed by atoms with van der Waals surface area (Å²) in [7, 11) is 0. The van der Waals surface area contributed by atoms with Crippen molar-refractivity contribution in [2.24, 2.45) is 5.11 Å². The monoisotopic (exact) mass is 404 g/mol. The van der Waals surface area contributed by atoms with E-state index in [1.807, 2.05) is 26.0 Å². The topological polar surface area (TPSA) is 144 Å². The second-order valence-corrected chi connectivity index (χ2v) is 6.99. The summed E-state index contributed by atoms with van der Waals surface area (Å²) >= 11 is 0. The van der Waals surface area contributed by atoms with Crippen molar-refractivity contribution in [2.75, 3.05) is 0 Å². The summed E-state index contributed by atoms with van der Waals surface area (Å²) in [5.41, 5.74) is 13.8. The van der Waals surface area contributed by atoms with Gasteiger partial charge in [-0.25, -0.2) is 4.79 Å². The summed E-state index contributed by atoms with van der Waals surface area (Å²) in [5.74, 6) is -0.423. The minimum atomic E-state index is -0.730. The molecule has 152 valence electrons. The first-order chi connectivity index (χ1) is 14.4. The van der Waals surface area contributed by atoms with E-state index in [1.165, 1.54) is 12.1 Å². The van der Waals surface area contributed by atoms with Crippen molar-refractivity contribution in [3.63, 3.8) is 0 Å². The first-order valence-corrected chi connectivity index (χ1v) is 9.37. The normalized spacial score (nSPS) is 14.3. The number of fused-ring (bicyclic) bond motifs is 1. The molecule has 0 fully saturated rings. The lowest BCUT2D eigenvalue weighted by atomic mass is 10.0. The third-order valence-electron chi connectivity index (χ3n) is 4.64. The molecule has 2 aromatic rings. The molecule has 0 saturated heterocycles. The minimum Gasteiger partial charge on any atom is -0.490 e. The molecule has 2 N–H and O–H groups in total. The van der Waals surface area contributed by atoms with E-state index >= 15 is 0 Å². The number of rotatable bonds is 5. The molecule has 1 aliphatic rings. The van der Waals surface area contributed by atoms with Gasteiger partial charge in [-0.3, -0.25) is 5.41 Å². The average molecular weight is 404 g/mol. The molecule has 3 rings (SSSR count). The maximum atomic E-state index is 12.4. The zero-order chi connectivity index (χ0) is 21.7. The quantitative estimate of drug-likeness (QED) is 0.190. The lowest BCUT2D eigenvalue weighted by Crippen LogP contribution is -2.28. The Kier molecular flexibility index (Phi) is 6.20. The van der Waals surface area contributed by atoms with Crippen LogP contribution in [0.1, 0.15) is 58.9 Å². The highest BCUT2D eigenvalue weighted by Gasteiger charge is 2.25. The lowest BCUT2D eigenvalue weighted by Gasteiger charge is -2.13.